The fourth-order valence-corrected chi connectivity index (χ4v) is 3.36. The third-order valence-corrected chi connectivity index (χ3v) is 5.27. The van der Waals surface area contributed by atoms with Crippen molar-refractivity contribution in [3.05, 3.63) is 94.5 Å². The highest BCUT2D eigenvalue weighted by atomic mass is 35.5. The van der Waals surface area contributed by atoms with Gasteiger partial charge < -0.3 is 4.74 Å². The molecule has 29 heavy (non-hydrogen) atoms. The molecule has 3 rings (SSSR count). The Morgan fingerprint density at radius 3 is 2.41 bits per heavy atom. The van der Waals surface area contributed by atoms with Gasteiger partial charge in [0.2, 0.25) is 0 Å². The molecule has 0 aliphatic heterocycles. The summed E-state index contributed by atoms with van der Waals surface area (Å²) in [6.07, 6.45) is 7.93. The molecule has 0 spiro atoms. The predicted molar refractivity (Wildman–Crippen MR) is 113 cm³/mol. The first-order valence-electron chi connectivity index (χ1n) is 9.36. The van der Waals surface area contributed by atoms with Crippen LogP contribution in [0.15, 0.2) is 66.7 Å². The molecular weight excluding hydrogens is 390 g/mol. The van der Waals surface area contributed by atoms with Crippen LogP contribution in [0.4, 0.5) is 8.78 Å². The number of rotatable bonds is 7. The van der Waals surface area contributed by atoms with Crippen molar-refractivity contribution in [3.8, 4) is 23.8 Å². The lowest BCUT2D eigenvalue weighted by molar-refractivity contribution is 0.441. The van der Waals surface area contributed by atoms with E-state index in [9.17, 15) is 8.78 Å². The Morgan fingerprint density at radius 2 is 1.72 bits per heavy atom. The smallest absolute Gasteiger partial charge is 0.165 e. The van der Waals surface area contributed by atoms with E-state index < -0.39 is 17.0 Å². The molecule has 1 nitrogen and oxygen atoms in total. The van der Waals surface area contributed by atoms with Crippen molar-refractivity contribution < 1.29 is 13.5 Å². The number of terminal acetylenes is 1. The highest BCUT2D eigenvalue weighted by Gasteiger charge is 2.24. The monoisotopic (exact) mass is 410 g/mol. The van der Waals surface area contributed by atoms with Gasteiger partial charge in [-0.05, 0) is 73.7 Å². The van der Waals surface area contributed by atoms with E-state index in [0.717, 1.165) is 17.5 Å². The van der Waals surface area contributed by atoms with Crippen LogP contribution >= 0.6 is 11.6 Å². The van der Waals surface area contributed by atoms with Gasteiger partial charge in [-0.2, -0.15) is 0 Å². The number of ether oxygens (including phenoxy) is 1. The van der Waals surface area contributed by atoms with E-state index >= 15 is 0 Å². The molecular formula is C25H21ClF2O. The standard InChI is InChI=1S/C25H21ClF2O/c1-3-25(2,19-12-14-22(27)21(26)17-19)15-7-8-18-11-13-23(28)24(16-18)29-20-9-5-4-6-10-20/h1,4-6,9-14,16-17H,7-8,15H2,2H3. The van der Waals surface area contributed by atoms with E-state index in [2.05, 4.69) is 5.92 Å². The van der Waals surface area contributed by atoms with Crippen LogP contribution < -0.4 is 4.74 Å². The highest BCUT2D eigenvalue weighted by molar-refractivity contribution is 6.30. The summed E-state index contributed by atoms with van der Waals surface area (Å²) >= 11 is 5.91. The van der Waals surface area contributed by atoms with E-state index in [1.807, 2.05) is 25.1 Å². The molecule has 0 aliphatic carbocycles. The number of halogens is 3. The zero-order valence-corrected chi connectivity index (χ0v) is 16.8. The second-order valence-electron chi connectivity index (χ2n) is 7.14. The summed E-state index contributed by atoms with van der Waals surface area (Å²) in [5.41, 5.74) is 1.19. The van der Waals surface area contributed by atoms with Gasteiger partial charge >= 0.3 is 0 Å². The lowest BCUT2D eigenvalue weighted by atomic mass is 9.78. The van der Waals surface area contributed by atoms with Gasteiger partial charge in [-0.1, -0.05) is 47.9 Å². The second kappa shape index (κ2) is 9.11. The fourth-order valence-electron chi connectivity index (χ4n) is 3.18. The molecule has 0 aliphatic rings. The minimum absolute atomic E-state index is 0.0604. The van der Waals surface area contributed by atoms with Gasteiger partial charge in [0.15, 0.2) is 11.6 Å². The molecule has 0 saturated carbocycles. The summed E-state index contributed by atoms with van der Waals surface area (Å²) < 4.78 is 33.2. The molecule has 148 valence electrons. The van der Waals surface area contributed by atoms with E-state index in [-0.39, 0.29) is 10.8 Å². The van der Waals surface area contributed by atoms with E-state index in [1.54, 1.807) is 36.4 Å². The van der Waals surface area contributed by atoms with Crippen LogP contribution in [0.1, 0.15) is 30.9 Å². The number of aryl methyl sites for hydroxylation is 1. The maximum atomic E-state index is 14.1. The number of hydrogen-bond donors (Lipinski definition) is 0. The average Bonchev–Trinajstić information content (AvgIpc) is 2.73. The molecule has 0 N–H and O–H groups in total. The van der Waals surface area contributed by atoms with Crippen molar-refractivity contribution in [2.45, 2.75) is 31.6 Å². The quantitative estimate of drug-likeness (QED) is 0.370. The third-order valence-electron chi connectivity index (χ3n) is 4.98. The molecule has 3 aromatic carbocycles. The Kier molecular flexibility index (Phi) is 6.56. The van der Waals surface area contributed by atoms with Gasteiger partial charge in [-0.25, -0.2) is 8.78 Å². The molecule has 0 heterocycles. The number of benzene rings is 3. The van der Waals surface area contributed by atoms with Crippen LogP contribution in [0.5, 0.6) is 11.5 Å². The Hall–Kier alpha value is -2.83. The molecule has 0 amide bonds. The second-order valence-corrected chi connectivity index (χ2v) is 7.55. The predicted octanol–water partition coefficient (Wildman–Crippen LogP) is 7.32. The van der Waals surface area contributed by atoms with Crippen molar-refractivity contribution >= 4 is 11.6 Å². The molecule has 4 heteroatoms. The zero-order valence-electron chi connectivity index (χ0n) is 16.1. The minimum Gasteiger partial charge on any atom is -0.454 e. The van der Waals surface area contributed by atoms with Gasteiger partial charge in [-0.15, -0.1) is 6.42 Å². The number of hydrogen-bond acceptors (Lipinski definition) is 1. The molecule has 0 aromatic heterocycles. The van der Waals surface area contributed by atoms with Gasteiger partial charge in [0, 0.05) is 0 Å². The first-order valence-corrected chi connectivity index (χ1v) is 9.74. The maximum Gasteiger partial charge on any atom is 0.165 e. The fraction of sp³-hybridized carbons (Fsp3) is 0.200. The number of para-hydroxylation sites is 1. The van der Waals surface area contributed by atoms with Crippen LogP contribution in [0.3, 0.4) is 0 Å². The third kappa shape index (κ3) is 5.16. The summed E-state index contributed by atoms with van der Waals surface area (Å²) in [5.74, 6) is 2.71. The topological polar surface area (TPSA) is 9.23 Å². The summed E-state index contributed by atoms with van der Waals surface area (Å²) in [4.78, 5) is 0. The summed E-state index contributed by atoms with van der Waals surface area (Å²) in [6, 6.07) is 18.5. The lowest BCUT2D eigenvalue weighted by Crippen LogP contribution is -2.20. The lowest BCUT2D eigenvalue weighted by Gasteiger charge is -2.24. The van der Waals surface area contributed by atoms with Crippen molar-refractivity contribution in [3.63, 3.8) is 0 Å². The Balaban J connectivity index is 1.68. The molecule has 1 unspecified atom stereocenters. The van der Waals surface area contributed by atoms with Crippen molar-refractivity contribution in [2.24, 2.45) is 0 Å². The van der Waals surface area contributed by atoms with E-state index in [0.29, 0.717) is 18.6 Å². The first kappa shape index (κ1) is 20.9. The Morgan fingerprint density at radius 1 is 1.00 bits per heavy atom. The Labute approximate surface area is 175 Å². The van der Waals surface area contributed by atoms with Crippen molar-refractivity contribution in [1.82, 2.24) is 0 Å². The summed E-state index contributed by atoms with van der Waals surface area (Å²) in [5, 5.41) is 0.0604. The van der Waals surface area contributed by atoms with Crippen LogP contribution in [0, 0.1) is 24.0 Å². The molecule has 0 radical (unpaired) electrons. The molecule has 1 atom stereocenters. The largest absolute Gasteiger partial charge is 0.454 e. The SMILES string of the molecule is C#CC(C)(CCCc1ccc(F)c(Oc2ccccc2)c1)c1ccc(F)c(Cl)c1. The van der Waals surface area contributed by atoms with Gasteiger partial charge in [0.1, 0.15) is 11.6 Å². The van der Waals surface area contributed by atoms with E-state index in [4.69, 9.17) is 22.8 Å². The van der Waals surface area contributed by atoms with Gasteiger partial charge in [0.05, 0.1) is 10.4 Å². The zero-order chi connectivity index (χ0) is 20.9. The molecule has 0 saturated heterocycles. The van der Waals surface area contributed by atoms with Crippen molar-refractivity contribution in [1.29, 1.82) is 0 Å². The normalized spacial score (nSPS) is 12.8. The minimum atomic E-state index is -0.569. The van der Waals surface area contributed by atoms with Crippen LogP contribution in [-0.2, 0) is 11.8 Å². The Bertz CT molecular complexity index is 1030. The first-order chi connectivity index (χ1) is 13.9. The molecule has 3 aromatic rings. The molecule has 0 fully saturated rings. The van der Waals surface area contributed by atoms with Crippen LogP contribution in [0.2, 0.25) is 5.02 Å². The summed E-state index contributed by atoms with van der Waals surface area (Å²) in [7, 11) is 0. The van der Waals surface area contributed by atoms with Gasteiger partial charge in [-0.3, -0.25) is 0 Å². The van der Waals surface area contributed by atoms with Crippen LogP contribution in [-0.4, -0.2) is 0 Å². The van der Waals surface area contributed by atoms with Crippen LogP contribution in [0.25, 0.3) is 0 Å². The van der Waals surface area contributed by atoms with Gasteiger partial charge in [0.25, 0.3) is 0 Å². The summed E-state index contributed by atoms with van der Waals surface area (Å²) in [6.45, 7) is 1.94. The highest BCUT2D eigenvalue weighted by Crippen LogP contribution is 2.32. The average molecular weight is 411 g/mol. The van der Waals surface area contributed by atoms with E-state index in [1.165, 1.54) is 12.1 Å². The molecule has 0 bridgehead atoms. The maximum absolute atomic E-state index is 14.1. The van der Waals surface area contributed by atoms with Crippen molar-refractivity contribution in [2.75, 3.05) is 0 Å².